The molecule has 0 aliphatic carbocycles. The van der Waals surface area contributed by atoms with Crippen molar-refractivity contribution in [3.05, 3.63) is 109 Å². The van der Waals surface area contributed by atoms with Gasteiger partial charge >= 0.3 is 0 Å². The molecular weight excluding hydrogens is 484 g/mol. The molecule has 0 N–H and O–H groups in total. The van der Waals surface area contributed by atoms with E-state index in [-0.39, 0.29) is 0 Å². The van der Waals surface area contributed by atoms with Crippen LogP contribution in [0.1, 0.15) is 0 Å². The summed E-state index contributed by atoms with van der Waals surface area (Å²) in [4.78, 5) is 10.5. The molecule has 0 spiro atoms. The van der Waals surface area contributed by atoms with Crippen LogP contribution < -0.4 is 4.74 Å². The lowest BCUT2D eigenvalue weighted by atomic mass is 9.98. The Hall–Kier alpha value is -4.80. The van der Waals surface area contributed by atoms with Crippen molar-refractivity contribution in [3.8, 4) is 34.1 Å². The molecule has 3 heterocycles. The Morgan fingerprint density at radius 3 is 2.32 bits per heavy atom. The summed E-state index contributed by atoms with van der Waals surface area (Å²) in [6.45, 7) is 0. The van der Waals surface area contributed by atoms with Gasteiger partial charge in [0, 0.05) is 42.8 Å². The van der Waals surface area contributed by atoms with Gasteiger partial charge in [-0.05, 0) is 41.1 Å². The first-order valence-corrected chi connectivity index (χ1v) is 13.5. The molecule has 0 saturated carbocycles. The third-order valence-corrected chi connectivity index (χ3v) is 8.84. The Labute approximate surface area is 221 Å². The number of hydrogen-bond donors (Lipinski definition) is 0. The number of benzene rings is 6. The van der Waals surface area contributed by atoms with Crippen molar-refractivity contribution >= 4 is 64.0 Å². The van der Waals surface area contributed by atoms with Gasteiger partial charge in [-0.25, -0.2) is 9.97 Å². The quantitative estimate of drug-likeness (QED) is 0.221. The number of fused-ring (bicyclic) bond motifs is 3. The van der Waals surface area contributed by atoms with E-state index in [1.807, 2.05) is 6.07 Å². The Morgan fingerprint density at radius 2 is 1.37 bits per heavy atom. The normalized spacial score (nSPS) is 12.4. The van der Waals surface area contributed by atoms with Crippen molar-refractivity contribution in [2.24, 2.45) is 0 Å². The van der Waals surface area contributed by atoms with Crippen LogP contribution in [0.25, 0.3) is 75.3 Å². The van der Waals surface area contributed by atoms with Gasteiger partial charge in [-0.15, -0.1) is 11.3 Å². The summed E-state index contributed by atoms with van der Waals surface area (Å²) in [6, 6.07) is 38.1. The molecule has 0 unspecified atom stereocenters. The van der Waals surface area contributed by atoms with Crippen molar-refractivity contribution < 1.29 is 4.74 Å². The van der Waals surface area contributed by atoms with Crippen molar-refractivity contribution in [3.63, 3.8) is 0 Å². The van der Waals surface area contributed by atoms with Crippen molar-refractivity contribution in [1.29, 1.82) is 0 Å². The van der Waals surface area contributed by atoms with Crippen molar-refractivity contribution in [1.82, 2.24) is 9.97 Å². The van der Waals surface area contributed by atoms with Gasteiger partial charge in [0.15, 0.2) is 5.82 Å². The number of rotatable bonds is 2. The monoisotopic (exact) mass is 502 g/mol. The minimum Gasteiger partial charge on any atom is -0.456 e. The molecule has 1 aliphatic heterocycles. The molecule has 0 atom stereocenters. The lowest BCUT2D eigenvalue weighted by Crippen LogP contribution is -1.97. The Kier molecular flexibility index (Phi) is 3.93. The standard InChI is InChI=1S/C34H18N2OS/c1-2-8-21(9-3-1)31-23-15-13-19-7-4-5-11-22(19)32(23)36-34(35-31)24-16-17-26-29-30-27(38-33(24)29)18-14-20-10-6-12-25(37-26)28(20)30/h1-18H. The van der Waals surface area contributed by atoms with Gasteiger partial charge < -0.3 is 4.74 Å². The largest absolute Gasteiger partial charge is 0.456 e. The lowest BCUT2D eigenvalue weighted by molar-refractivity contribution is 0.493. The first-order valence-electron chi connectivity index (χ1n) is 12.7. The van der Waals surface area contributed by atoms with Crippen LogP contribution in [0.2, 0.25) is 0 Å². The molecule has 0 bridgehead atoms. The predicted molar refractivity (Wildman–Crippen MR) is 158 cm³/mol. The van der Waals surface area contributed by atoms with Crippen LogP contribution in [-0.2, 0) is 0 Å². The van der Waals surface area contributed by atoms with Crippen LogP contribution in [0.15, 0.2) is 109 Å². The smallest absolute Gasteiger partial charge is 0.161 e. The summed E-state index contributed by atoms with van der Waals surface area (Å²) >= 11 is 1.80. The highest BCUT2D eigenvalue weighted by Gasteiger charge is 2.24. The Morgan fingerprint density at radius 1 is 0.553 bits per heavy atom. The predicted octanol–water partition coefficient (Wildman–Crippen LogP) is 9.74. The van der Waals surface area contributed by atoms with Crippen LogP contribution in [0.4, 0.5) is 0 Å². The minimum absolute atomic E-state index is 0.737. The molecule has 8 aromatic rings. The van der Waals surface area contributed by atoms with E-state index in [4.69, 9.17) is 14.7 Å². The van der Waals surface area contributed by atoms with E-state index in [0.29, 0.717) is 0 Å². The van der Waals surface area contributed by atoms with Crippen LogP contribution in [0, 0.1) is 0 Å². The first-order chi connectivity index (χ1) is 18.8. The summed E-state index contributed by atoms with van der Waals surface area (Å²) in [5.41, 5.74) is 4.04. The summed E-state index contributed by atoms with van der Waals surface area (Å²) in [5.74, 6) is 2.56. The fourth-order valence-corrected chi connectivity index (χ4v) is 7.18. The van der Waals surface area contributed by atoms with Gasteiger partial charge in [0.05, 0.1) is 15.9 Å². The molecule has 3 nitrogen and oxygen atoms in total. The molecule has 0 saturated heterocycles. The zero-order chi connectivity index (χ0) is 24.8. The molecule has 0 fully saturated rings. The zero-order valence-corrected chi connectivity index (χ0v) is 20.9. The molecule has 176 valence electrons. The summed E-state index contributed by atoms with van der Waals surface area (Å²) < 4.78 is 8.84. The fourth-order valence-electron chi connectivity index (χ4n) is 5.94. The van der Waals surface area contributed by atoms with Gasteiger partial charge in [0.25, 0.3) is 0 Å². The Balaban J connectivity index is 1.42. The van der Waals surface area contributed by atoms with E-state index in [2.05, 4.69) is 103 Å². The van der Waals surface area contributed by atoms with Crippen LogP contribution in [-0.4, -0.2) is 9.97 Å². The maximum absolute atomic E-state index is 6.42. The van der Waals surface area contributed by atoms with Crippen LogP contribution in [0.5, 0.6) is 11.5 Å². The summed E-state index contributed by atoms with van der Waals surface area (Å²) in [6.07, 6.45) is 0. The molecule has 2 aromatic heterocycles. The molecule has 1 aliphatic rings. The van der Waals surface area contributed by atoms with E-state index < -0.39 is 0 Å². The third-order valence-electron chi connectivity index (χ3n) is 7.65. The second kappa shape index (κ2) is 7.37. The van der Waals surface area contributed by atoms with Gasteiger partial charge in [-0.1, -0.05) is 78.9 Å². The Bertz CT molecular complexity index is 2270. The number of aromatic nitrogens is 2. The number of hydrogen-bond acceptors (Lipinski definition) is 4. The fraction of sp³-hybridized carbons (Fsp3) is 0. The lowest BCUT2D eigenvalue weighted by Gasteiger charge is -2.17. The van der Waals surface area contributed by atoms with Gasteiger partial charge in [0.1, 0.15) is 11.5 Å². The molecule has 6 aromatic carbocycles. The highest BCUT2D eigenvalue weighted by molar-refractivity contribution is 7.26. The van der Waals surface area contributed by atoms with Gasteiger partial charge in [0.2, 0.25) is 0 Å². The SMILES string of the molecule is c1ccc(-c2nc(-c3ccc4c5c3sc3ccc6cccc(c6c35)O4)nc3c2ccc2ccccc23)cc1. The molecule has 0 amide bonds. The second-order valence-corrected chi connectivity index (χ2v) is 10.8. The van der Waals surface area contributed by atoms with E-state index >= 15 is 0 Å². The number of ether oxygens (including phenoxy) is 1. The van der Waals surface area contributed by atoms with Gasteiger partial charge in [-0.2, -0.15) is 0 Å². The molecular formula is C34H18N2OS. The van der Waals surface area contributed by atoms with E-state index in [9.17, 15) is 0 Å². The van der Waals surface area contributed by atoms with E-state index in [0.717, 1.165) is 60.5 Å². The summed E-state index contributed by atoms with van der Waals surface area (Å²) in [7, 11) is 0. The number of nitrogens with zero attached hydrogens (tertiary/aromatic N) is 2. The highest BCUT2D eigenvalue weighted by atomic mass is 32.1. The van der Waals surface area contributed by atoms with Gasteiger partial charge in [-0.3, -0.25) is 0 Å². The molecule has 0 radical (unpaired) electrons. The molecule has 9 rings (SSSR count). The maximum Gasteiger partial charge on any atom is 0.161 e. The average molecular weight is 503 g/mol. The minimum atomic E-state index is 0.737. The molecule has 4 heteroatoms. The highest BCUT2D eigenvalue weighted by Crippen LogP contribution is 2.52. The van der Waals surface area contributed by atoms with Crippen LogP contribution >= 0.6 is 11.3 Å². The maximum atomic E-state index is 6.42. The zero-order valence-electron chi connectivity index (χ0n) is 20.1. The number of thiophene rings is 1. The van der Waals surface area contributed by atoms with E-state index in [1.165, 1.54) is 26.2 Å². The first kappa shape index (κ1) is 20.3. The average Bonchev–Trinajstić information content (AvgIpc) is 3.38. The van der Waals surface area contributed by atoms with E-state index in [1.54, 1.807) is 11.3 Å². The summed E-state index contributed by atoms with van der Waals surface area (Å²) in [5, 5.41) is 8.19. The topological polar surface area (TPSA) is 35.0 Å². The van der Waals surface area contributed by atoms with Crippen molar-refractivity contribution in [2.75, 3.05) is 0 Å². The second-order valence-electron chi connectivity index (χ2n) is 9.76. The molecule has 38 heavy (non-hydrogen) atoms. The third kappa shape index (κ3) is 2.67. The van der Waals surface area contributed by atoms with Crippen molar-refractivity contribution in [2.45, 2.75) is 0 Å². The van der Waals surface area contributed by atoms with Crippen LogP contribution in [0.3, 0.4) is 0 Å².